The van der Waals surface area contributed by atoms with Crippen LogP contribution in [0, 0.1) is 0 Å². The number of rotatable bonds is 2. The Labute approximate surface area is 83.1 Å². The first-order valence-electron chi connectivity index (χ1n) is 4.01. The monoisotopic (exact) mass is 220 g/mol. The number of ether oxygens (including phenoxy) is 1. The van der Waals surface area contributed by atoms with Gasteiger partial charge in [0.1, 0.15) is 11.9 Å². The predicted octanol–water partition coefficient (Wildman–Crippen LogP) is 1.67. The maximum Gasteiger partial charge on any atom is 0.420 e. The van der Waals surface area contributed by atoms with Crippen LogP contribution in [0.15, 0.2) is 12.5 Å². The first-order valence-corrected chi connectivity index (χ1v) is 4.01. The summed E-state index contributed by atoms with van der Waals surface area (Å²) in [6, 6.07) is 0. The molecule has 15 heavy (non-hydrogen) atoms. The molecule has 0 atom stereocenters. The number of esters is 1. The Morgan fingerprint density at radius 1 is 1.53 bits per heavy atom. The molecule has 0 bridgehead atoms. The SMILES string of the molecule is CCOC(=O)c1ncncc1C(F)(F)F. The number of halogens is 3. The molecular formula is C8H7F3N2O2. The highest BCUT2D eigenvalue weighted by Gasteiger charge is 2.37. The van der Waals surface area contributed by atoms with Crippen LogP contribution in [0.3, 0.4) is 0 Å². The van der Waals surface area contributed by atoms with Crippen LogP contribution in [-0.4, -0.2) is 22.5 Å². The van der Waals surface area contributed by atoms with Crippen LogP contribution in [0.25, 0.3) is 0 Å². The fraction of sp³-hybridized carbons (Fsp3) is 0.375. The normalized spacial score (nSPS) is 11.2. The summed E-state index contributed by atoms with van der Waals surface area (Å²) in [5, 5.41) is 0. The zero-order valence-electron chi connectivity index (χ0n) is 7.71. The molecule has 82 valence electrons. The molecule has 0 aliphatic heterocycles. The van der Waals surface area contributed by atoms with Gasteiger partial charge in [-0.05, 0) is 6.92 Å². The van der Waals surface area contributed by atoms with Crippen LogP contribution in [0.5, 0.6) is 0 Å². The maximum atomic E-state index is 12.4. The first-order chi connectivity index (χ1) is 6.96. The minimum atomic E-state index is -4.66. The van der Waals surface area contributed by atoms with E-state index in [9.17, 15) is 18.0 Å². The predicted molar refractivity (Wildman–Crippen MR) is 43.0 cm³/mol. The molecule has 1 heterocycles. The van der Waals surface area contributed by atoms with E-state index in [0.29, 0.717) is 6.20 Å². The topological polar surface area (TPSA) is 52.1 Å². The Bertz CT molecular complexity index is 365. The number of carbonyl (C=O) groups excluding carboxylic acids is 1. The number of carbonyl (C=O) groups is 1. The van der Waals surface area contributed by atoms with Crippen molar-refractivity contribution in [3.8, 4) is 0 Å². The molecule has 0 spiro atoms. The van der Waals surface area contributed by atoms with Crippen LogP contribution in [0.1, 0.15) is 23.0 Å². The van der Waals surface area contributed by atoms with Gasteiger partial charge in [-0.25, -0.2) is 14.8 Å². The minimum absolute atomic E-state index is 0.0138. The summed E-state index contributed by atoms with van der Waals surface area (Å²) in [6.07, 6.45) is -3.26. The van der Waals surface area contributed by atoms with E-state index in [1.54, 1.807) is 0 Å². The van der Waals surface area contributed by atoms with Gasteiger partial charge >= 0.3 is 12.1 Å². The Hall–Kier alpha value is -1.66. The molecule has 1 aromatic rings. The van der Waals surface area contributed by atoms with Crippen LogP contribution >= 0.6 is 0 Å². The zero-order chi connectivity index (χ0) is 11.5. The van der Waals surface area contributed by atoms with Crippen LogP contribution in [0.2, 0.25) is 0 Å². The largest absolute Gasteiger partial charge is 0.461 e. The second kappa shape index (κ2) is 4.24. The molecule has 0 amide bonds. The first kappa shape index (κ1) is 11.4. The minimum Gasteiger partial charge on any atom is -0.461 e. The van der Waals surface area contributed by atoms with Crippen molar-refractivity contribution in [1.82, 2.24) is 9.97 Å². The number of aromatic nitrogens is 2. The highest BCUT2D eigenvalue weighted by atomic mass is 19.4. The van der Waals surface area contributed by atoms with Gasteiger partial charge in [-0.15, -0.1) is 0 Å². The lowest BCUT2D eigenvalue weighted by Gasteiger charge is -2.09. The van der Waals surface area contributed by atoms with Gasteiger partial charge in [0.2, 0.25) is 0 Å². The number of hydrogen-bond acceptors (Lipinski definition) is 4. The van der Waals surface area contributed by atoms with E-state index in [1.807, 2.05) is 0 Å². The van der Waals surface area contributed by atoms with Crippen LogP contribution < -0.4 is 0 Å². The summed E-state index contributed by atoms with van der Waals surface area (Å²) in [5.41, 5.74) is -1.96. The molecule has 1 aromatic heterocycles. The molecule has 0 aliphatic carbocycles. The van der Waals surface area contributed by atoms with Crippen LogP contribution in [0.4, 0.5) is 13.2 Å². The number of alkyl halides is 3. The van der Waals surface area contributed by atoms with Gasteiger partial charge < -0.3 is 4.74 Å². The third-order valence-corrected chi connectivity index (χ3v) is 1.49. The van der Waals surface area contributed by atoms with Crippen molar-refractivity contribution >= 4 is 5.97 Å². The molecule has 0 aromatic carbocycles. The molecule has 0 N–H and O–H groups in total. The Balaban J connectivity index is 3.12. The quantitative estimate of drug-likeness (QED) is 0.711. The molecule has 0 unspecified atom stereocenters. The zero-order valence-corrected chi connectivity index (χ0v) is 7.71. The van der Waals surface area contributed by atoms with Gasteiger partial charge in [-0.2, -0.15) is 13.2 Å². The average molecular weight is 220 g/mol. The van der Waals surface area contributed by atoms with Crippen molar-refractivity contribution in [3.63, 3.8) is 0 Å². The number of nitrogens with zero attached hydrogens (tertiary/aromatic N) is 2. The van der Waals surface area contributed by atoms with Crippen molar-refractivity contribution in [2.45, 2.75) is 13.1 Å². The molecule has 0 radical (unpaired) electrons. The van der Waals surface area contributed by atoms with Crippen molar-refractivity contribution < 1.29 is 22.7 Å². The molecular weight excluding hydrogens is 213 g/mol. The van der Waals surface area contributed by atoms with Crippen molar-refractivity contribution in [2.24, 2.45) is 0 Å². The molecule has 0 saturated carbocycles. The standard InChI is InChI=1S/C8H7F3N2O2/c1-2-15-7(14)6-5(8(9,10)11)3-12-4-13-6/h3-4H,2H2,1H3. The van der Waals surface area contributed by atoms with E-state index in [4.69, 9.17) is 0 Å². The van der Waals surface area contributed by atoms with E-state index < -0.39 is 23.4 Å². The van der Waals surface area contributed by atoms with E-state index >= 15 is 0 Å². The third-order valence-electron chi connectivity index (χ3n) is 1.49. The molecule has 1 rings (SSSR count). The van der Waals surface area contributed by atoms with Gasteiger partial charge in [0.25, 0.3) is 0 Å². The number of hydrogen-bond donors (Lipinski definition) is 0. The smallest absolute Gasteiger partial charge is 0.420 e. The average Bonchev–Trinajstić information content (AvgIpc) is 2.17. The lowest BCUT2D eigenvalue weighted by atomic mass is 10.2. The summed E-state index contributed by atoms with van der Waals surface area (Å²) in [4.78, 5) is 17.6. The Morgan fingerprint density at radius 3 is 2.73 bits per heavy atom. The molecule has 7 heteroatoms. The highest BCUT2D eigenvalue weighted by molar-refractivity contribution is 5.88. The van der Waals surface area contributed by atoms with Gasteiger partial charge in [0, 0.05) is 6.20 Å². The molecule has 0 aliphatic rings. The molecule has 0 saturated heterocycles. The van der Waals surface area contributed by atoms with Gasteiger partial charge in [-0.3, -0.25) is 0 Å². The summed E-state index contributed by atoms with van der Waals surface area (Å²) >= 11 is 0. The van der Waals surface area contributed by atoms with Gasteiger partial charge in [-0.1, -0.05) is 0 Å². The van der Waals surface area contributed by atoms with E-state index in [1.165, 1.54) is 6.92 Å². The second-order valence-corrected chi connectivity index (χ2v) is 2.50. The van der Waals surface area contributed by atoms with Crippen LogP contribution in [-0.2, 0) is 10.9 Å². The summed E-state index contributed by atoms with van der Waals surface area (Å²) in [6.45, 7) is 1.48. The van der Waals surface area contributed by atoms with Crippen molar-refractivity contribution in [3.05, 3.63) is 23.8 Å². The third kappa shape index (κ3) is 2.64. The summed E-state index contributed by atoms with van der Waals surface area (Å²) in [5.74, 6) is -1.10. The van der Waals surface area contributed by atoms with Crippen molar-refractivity contribution in [2.75, 3.05) is 6.61 Å². The lowest BCUT2D eigenvalue weighted by Crippen LogP contribution is -2.17. The summed E-state index contributed by atoms with van der Waals surface area (Å²) in [7, 11) is 0. The Kier molecular flexibility index (Phi) is 3.23. The van der Waals surface area contributed by atoms with E-state index in [2.05, 4.69) is 14.7 Å². The fourth-order valence-corrected chi connectivity index (χ4v) is 0.899. The molecule has 0 fully saturated rings. The summed E-state index contributed by atoms with van der Waals surface area (Å²) < 4.78 is 41.5. The van der Waals surface area contributed by atoms with Gasteiger partial charge in [0.15, 0.2) is 5.69 Å². The maximum absolute atomic E-state index is 12.4. The molecule has 4 nitrogen and oxygen atoms in total. The highest BCUT2D eigenvalue weighted by Crippen LogP contribution is 2.30. The van der Waals surface area contributed by atoms with E-state index in [-0.39, 0.29) is 6.61 Å². The van der Waals surface area contributed by atoms with E-state index in [0.717, 1.165) is 6.33 Å². The second-order valence-electron chi connectivity index (χ2n) is 2.50. The Morgan fingerprint density at radius 2 is 2.20 bits per heavy atom. The fourth-order valence-electron chi connectivity index (χ4n) is 0.899. The lowest BCUT2D eigenvalue weighted by molar-refractivity contribution is -0.138. The van der Waals surface area contributed by atoms with Crippen molar-refractivity contribution in [1.29, 1.82) is 0 Å². The van der Waals surface area contributed by atoms with Gasteiger partial charge in [0.05, 0.1) is 6.61 Å².